The molecule has 1 atom stereocenters. The highest BCUT2D eigenvalue weighted by molar-refractivity contribution is 5.94. The molecule has 1 unspecified atom stereocenters. The number of amides is 1. The van der Waals surface area contributed by atoms with E-state index in [2.05, 4.69) is 31.0 Å². The van der Waals surface area contributed by atoms with Crippen molar-refractivity contribution in [3.05, 3.63) is 35.1 Å². The van der Waals surface area contributed by atoms with Crippen molar-refractivity contribution in [1.82, 2.24) is 5.32 Å². The summed E-state index contributed by atoms with van der Waals surface area (Å²) in [6, 6.07) is 4.37. The molecule has 1 aromatic rings. The van der Waals surface area contributed by atoms with Crippen molar-refractivity contribution >= 4 is 5.91 Å². The Bertz CT molecular complexity index is 543. The lowest BCUT2D eigenvalue weighted by Gasteiger charge is -2.15. The monoisotopic (exact) mass is 290 g/mol. The fourth-order valence-corrected chi connectivity index (χ4v) is 1.87. The number of nitrogens with two attached hydrogens (primary N) is 1. The molecule has 0 saturated heterocycles. The van der Waals surface area contributed by atoms with E-state index in [1.807, 2.05) is 6.92 Å². The van der Waals surface area contributed by atoms with Crippen molar-refractivity contribution < 1.29 is 9.18 Å². The van der Waals surface area contributed by atoms with Crippen LogP contribution in [-0.4, -0.2) is 18.5 Å². The van der Waals surface area contributed by atoms with Gasteiger partial charge in [-0.1, -0.05) is 25.7 Å². The Morgan fingerprint density at radius 1 is 1.33 bits per heavy atom. The van der Waals surface area contributed by atoms with Gasteiger partial charge in [0.1, 0.15) is 5.82 Å². The second-order valence-corrected chi connectivity index (χ2v) is 5.55. The molecule has 1 amide bonds. The van der Waals surface area contributed by atoms with Gasteiger partial charge in [-0.2, -0.15) is 0 Å². The third-order valence-electron chi connectivity index (χ3n) is 3.11. The van der Waals surface area contributed by atoms with Gasteiger partial charge in [0.05, 0.1) is 12.1 Å². The summed E-state index contributed by atoms with van der Waals surface area (Å²) >= 11 is 0. The van der Waals surface area contributed by atoms with Crippen molar-refractivity contribution in [2.75, 3.05) is 6.54 Å². The summed E-state index contributed by atoms with van der Waals surface area (Å²) in [6.45, 7) is 6.42. The molecule has 0 radical (unpaired) electrons. The number of benzene rings is 1. The molecule has 0 aliphatic carbocycles. The first kappa shape index (κ1) is 17.2. The SMILES string of the molecule is CC(C)CCC(C)NC(=O)c1ccc(C#CCN)c(F)c1. The average Bonchev–Trinajstić information content (AvgIpc) is 2.43. The second kappa shape index (κ2) is 8.43. The highest BCUT2D eigenvalue weighted by atomic mass is 19.1. The van der Waals surface area contributed by atoms with Crippen LogP contribution in [0.4, 0.5) is 4.39 Å². The van der Waals surface area contributed by atoms with Crippen LogP contribution in [0.5, 0.6) is 0 Å². The standard InChI is InChI=1S/C17H23FN2O/c1-12(2)6-7-13(3)20-17(21)15-9-8-14(5-4-10-19)16(18)11-15/h8-9,11-13H,6-7,10,19H2,1-3H3,(H,20,21). The van der Waals surface area contributed by atoms with Crippen molar-refractivity contribution in [3.8, 4) is 11.8 Å². The predicted octanol–water partition coefficient (Wildman–Crippen LogP) is 2.69. The molecule has 21 heavy (non-hydrogen) atoms. The van der Waals surface area contributed by atoms with E-state index in [1.54, 1.807) is 6.07 Å². The van der Waals surface area contributed by atoms with Crippen molar-refractivity contribution in [2.24, 2.45) is 11.7 Å². The van der Waals surface area contributed by atoms with Gasteiger partial charge in [-0.25, -0.2) is 4.39 Å². The number of carbonyl (C=O) groups excluding carboxylic acids is 1. The van der Waals surface area contributed by atoms with Gasteiger partial charge in [0.2, 0.25) is 0 Å². The molecule has 0 aromatic heterocycles. The van der Waals surface area contributed by atoms with Crippen LogP contribution in [0.15, 0.2) is 18.2 Å². The number of rotatable bonds is 5. The fraction of sp³-hybridized carbons (Fsp3) is 0.471. The van der Waals surface area contributed by atoms with E-state index in [0.717, 1.165) is 12.8 Å². The molecular formula is C17H23FN2O. The highest BCUT2D eigenvalue weighted by Crippen LogP contribution is 2.11. The molecule has 0 spiro atoms. The molecule has 1 aromatic carbocycles. The van der Waals surface area contributed by atoms with Gasteiger partial charge in [-0.3, -0.25) is 4.79 Å². The minimum atomic E-state index is -0.501. The number of halogens is 1. The third-order valence-corrected chi connectivity index (χ3v) is 3.11. The Hall–Kier alpha value is -1.86. The summed E-state index contributed by atoms with van der Waals surface area (Å²) in [5.74, 6) is 5.06. The molecule has 0 aliphatic heterocycles. The van der Waals surface area contributed by atoms with Crippen LogP contribution in [0.25, 0.3) is 0 Å². The molecule has 4 heteroatoms. The van der Waals surface area contributed by atoms with Crippen LogP contribution in [0, 0.1) is 23.6 Å². The summed E-state index contributed by atoms with van der Waals surface area (Å²) < 4.78 is 13.8. The summed E-state index contributed by atoms with van der Waals surface area (Å²) in [6.07, 6.45) is 1.95. The molecular weight excluding hydrogens is 267 g/mol. The maximum Gasteiger partial charge on any atom is 0.251 e. The number of nitrogens with one attached hydrogen (secondary N) is 1. The van der Waals surface area contributed by atoms with Gasteiger partial charge in [-0.05, 0) is 43.9 Å². The van der Waals surface area contributed by atoms with E-state index in [1.165, 1.54) is 12.1 Å². The molecule has 3 nitrogen and oxygen atoms in total. The molecule has 1 rings (SSSR count). The van der Waals surface area contributed by atoms with Crippen LogP contribution in [0.1, 0.15) is 49.5 Å². The third kappa shape index (κ3) is 5.97. The van der Waals surface area contributed by atoms with E-state index >= 15 is 0 Å². The van der Waals surface area contributed by atoms with Crippen LogP contribution in [0.3, 0.4) is 0 Å². The minimum absolute atomic E-state index is 0.0691. The largest absolute Gasteiger partial charge is 0.350 e. The van der Waals surface area contributed by atoms with Gasteiger partial charge in [0, 0.05) is 11.6 Å². The molecule has 0 heterocycles. The van der Waals surface area contributed by atoms with E-state index in [9.17, 15) is 9.18 Å². The average molecular weight is 290 g/mol. The van der Waals surface area contributed by atoms with Crippen LogP contribution >= 0.6 is 0 Å². The topological polar surface area (TPSA) is 55.1 Å². The maximum absolute atomic E-state index is 13.8. The zero-order chi connectivity index (χ0) is 15.8. The molecule has 114 valence electrons. The number of hydrogen-bond acceptors (Lipinski definition) is 2. The molecule has 0 fully saturated rings. The van der Waals surface area contributed by atoms with Crippen LogP contribution in [-0.2, 0) is 0 Å². The Balaban J connectivity index is 2.68. The Morgan fingerprint density at radius 3 is 2.62 bits per heavy atom. The Morgan fingerprint density at radius 2 is 2.05 bits per heavy atom. The first-order valence-electron chi connectivity index (χ1n) is 7.23. The van der Waals surface area contributed by atoms with Crippen LogP contribution < -0.4 is 11.1 Å². The fourth-order valence-electron chi connectivity index (χ4n) is 1.87. The quantitative estimate of drug-likeness (QED) is 0.819. The first-order valence-corrected chi connectivity index (χ1v) is 7.23. The zero-order valence-corrected chi connectivity index (χ0v) is 12.9. The first-order chi connectivity index (χ1) is 9.93. The maximum atomic E-state index is 13.8. The lowest BCUT2D eigenvalue weighted by Crippen LogP contribution is -2.32. The molecule has 0 saturated carbocycles. The smallest absolute Gasteiger partial charge is 0.251 e. The van der Waals surface area contributed by atoms with Crippen molar-refractivity contribution in [1.29, 1.82) is 0 Å². The van der Waals surface area contributed by atoms with E-state index in [0.29, 0.717) is 11.5 Å². The molecule has 0 aliphatic rings. The number of carbonyl (C=O) groups is 1. The summed E-state index contributed by atoms with van der Waals surface area (Å²) in [5.41, 5.74) is 5.81. The lowest BCUT2D eigenvalue weighted by atomic mass is 10.0. The molecule has 0 bridgehead atoms. The minimum Gasteiger partial charge on any atom is -0.350 e. The van der Waals surface area contributed by atoms with Gasteiger partial charge >= 0.3 is 0 Å². The van der Waals surface area contributed by atoms with Gasteiger partial charge in [0.15, 0.2) is 0 Å². The second-order valence-electron chi connectivity index (χ2n) is 5.55. The van der Waals surface area contributed by atoms with E-state index < -0.39 is 5.82 Å². The van der Waals surface area contributed by atoms with Crippen molar-refractivity contribution in [2.45, 2.75) is 39.7 Å². The Labute approximate surface area is 126 Å². The highest BCUT2D eigenvalue weighted by Gasteiger charge is 2.12. The van der Waals surface area contributed by atoms with Gasteiger partial charge < -0.3 is 11.1 Å². The van der Waals surface area contributed by atoms with E-state index in [4.69, 9.17) is 5.73 Å². The summed E-state index contributed by atoms with van der Waals surface area (Å²) in [5, 5.41) is 2.88. The summed E-state index contributed by atoms with van der Waals surface area (Å²) in [7, 11) is 0. The van der Waals surface area contributed by atoms with Crippen LogP contribution in [0.2, 0.25) is 0 Å². The lowest BCUT2D eigenvalue weighted by molar-refractivity contribution is 0.0936. The van der Waals surface area contributed by atoms with E-state index in [-0.39, 0.29) is 24.1 Å². The Kier molecular flexibility index (Phi) is 6.90. The zero-order valence-electron chi connectivity index (χ0n) is 12.9. The van der Waals surface area contributed by atoms with Gasteiger partial charge in [0.25, 0.3) is 5.91 Å². The summed E-state index contributed by atoms with van der Waals surface area (Å²) in [4.78, 5) is 12.0. The molecule has 3 N–H and O–H groups in total. The predicted molar refractivity (Wildman–Crippen MR) is 83.3 cm³/mol. The number of hydrogen-bond donors (Lipinski definition) is 2. The van der Waals surface area contributed by atoms with Gasteiger partial charge in [-0.15, -0.1) is 0 Å². The normalized spacial score (nSPS) is 11.7. The van der Waals surface area contributed by atoms with Crippen molar-refractivity contribution in [3.63, 3.8) is 0 Å².